The molecule has 0 spiro atoms. The molecule has 0 heterocycles. The van der Waals surface area contributed by atoms with Crippen LogP contribution < -0.4 is 16.0 Å². The second-order valence-corrected chi connectivity index (χ2v) is 10.1. The van der Waals surface area contributed by atoms with Gasteiger partial charge >= 0.3 is 6.03 Å². The van der Waals surface area contributed by atoms with Gasteiger partial charge in [-0.05, 0) is 74.3 Å². The summed E-state index contributed by atoms with van der Waals surface area (Å²) in [6.45, 7) is 2.28. The number of benzene rings is 1. The van der Waals surface area contributed by atoms with Crippen LogP contribution in [0.25, 0.3) is 0 Å². The normalized spacial score (nSPS) is 27.6. The molecular formula is C25H36N4O3. The van der Waals surface area contributed by atoms with Crippen LogP contribution >= 0.6 is 0 Å². The molecule has 0 radical (unpaired) electrons. The molecule has 1 aromatic rings. The van der Waals surface area contributed by atoms with E-state index in [0.717, 1.165) is 54.7 Å². The van der Waals surface area contributed by atoms with Gasteiger partial charge in [-0.15, -0.1) is 0 Å². The van der Waals surface area contributed by atoms with Gasteiger partial charge in [0.1, 0.15) is 0 Å². The molecule has 4 bridgehead atoms. The standard InChI is InChI=1S/C25H36N4O3/c1-3-20-6-4-5-7-21(20)27-22(30)16-29(2)23(31)8-9-26-24(32)28-25-13-17-10-18(14-25)12-19(11-17)15-25/h4-7,17-19H,3,8-16H2,1-2H3,(H,27,30)(H2,26,28,32). The highest BCUT2D eigenvalue weighted by atomic mass is 16.2. The van der Waals surface area contributed by atoms with E-state index in [1.807, 2.05) is 31.2 Å². The molecular weight excluding hydrogens is 404 g/mol. The number of hydrogen-bond donors (Lipinski definition) is 3. The molecule has 7 heteroatoms. The number of hydrogen-bond acceptors (Lipinski definition) is 3. The highest BCUT2D eigenvalue weighted by Gasteiger charge is 2.51. The first kappa shape index (κ1) is 22.6. The Bertz CT molecular complexity index is 833. The number of para-hydroxylation sites is 1. The van der Waals surface area contributed by atoms with Crippen molar-refractivity contribution in [3.63, 3.8) is 0 Å². The summed E-state index contributed by atoms with van der Waals surface area (Å²) in [5.41, 5.74) is 1.81. The van der Waals surface area contributed by atoms with Crippen molar-refractivity contribution < 1.29 is 14.4 Å². The Morgan fingerprint density at radius 3 is 2.28 bits per heavy atom. The van der Waals surface area contributed by atoms with Crippen LogP contribution in [0.5, 0.6) is 0 Å². The maximum Gasteiger partial charge on any atom is 0.315 e. The van der Waals surface area contributed by atoms with E-state index in [2.05, 4.69) is 16.0 Å². The first-order chi connectivity index (χ1) is 15.4. The summed E-state index contributed by atoms with van der Waals surface area (Å²) in [6, 6.07) is 7.49. The number of amides is 4. The van der Waals surface area contributed by atoms with Gasteiger partial charge in [-0.3, -0.25) is 9.59 Å². The third-order valence-electron chi connectivity index (χ3n) is 7.52. The molecule has 3 N–H and O–H groups in total. The van der Waals surface area contributed by atoms with Gasteiger partial charge < -0.3 is 20.9 Å². The summed E-state index contributed by atoms with van der Waals surface area (Å²) in [7, 11) is 1.61. The second-order valence-electron chi connectivity index (χ2n) is 10.1. The van der Waals surface area contributed by atoms with E-state index < -0.39 is 0 Å². The third-order valence-corrected chi connectivity index (χ3v) is 7.52. The summed E-state index contributed by atoms with van der Waals surface area (Å²) < 4.78 is 0. The topological polar surface area (TPSA) is 90.5 Å². The minimum atomic E-state index is -0.228. The molecule has 4 aliphatic carbocycles. The molecule has 4 amide bonds. The largest absolute Gasteiger partial charge is 0.338 e. The number of carbonyl (C=O) groups excluding carboxylic acids is 3. The second kappa shape index (κ2) is 9.51. The Kier molecular flexibility index (Phi) is 6.72. The van der Waals surface area contributed by atoms with Crippen LogP contribution in [0.1, 0.15) is 57.4 Å². The molecule has 7 nitrogen and oxygen atoms in total. The molecule has 0 saturated heterocycles. The first-order valence-corrected chi connectivity index (χ1v) is 12.0. The van der Waals surface area contributed by atoms with Crippen LogP contribution in [-0.4, -0.2) is 48.4 Å². The van der Waals surface area contributed by atoms with Crippen molar-refractivity contribution in [3.8, 4) is 0 Å². The predicted octanol–water partition coefficient (Wildman–Crippen LogP) is 3.30. The van der Waals surface area contributed by atoms with Crippen LogP contribution in [0.15, 0.2) is 24.3 Å². The Labute approximate surface area is 190 Å². The fraction of sp³-hybridized carbons (Fsp3) is 0.640. The molecule has 4 fully saturated rings. The van der Waals surface area contributed by atoms with Crippen molar-refractivity contribution >= 4 is 23.5 Å². The average molecular weight is 441 g/mol. The Morgan fingerprint density at radius 2 is 1.66 bits per heavy atom. The lowest BCUT2D eigenvalue weighted by atomic mass is 9.53. The minimum absolute atomic E-state index is 0.0175. The van der Waals surface area contributed by atoms with Crippen LogP contribution in [0, 0.1) is 17.8 Å². The highest BCUT2D eigenvalue weighted by molar-refractivity contribution is 5.95. The zero-order valence-electron chi connectivity index (χ0n) is 19.3. The Balaban J connectivity index is 1.17. The molecule has 32 heavy (non-hydrogen) atoms. The van der Waals surface area contributed by atoms with Crippen molar-refractivity contribution in [2.75, 3.05) is 25.5 Å². The van der Waals surface area contributed by atoms with Gasteiger partial charge in [0.15, 0.2) is 0 Å². The van der Waals surface area contributed by atoms with Crippen molar-refractivity contribution in [1.29, 1.82) is 0 Å². The molecule has 1 aromatic carbocycles. The van der Waals surface area contributed by atoms with Gasteiger partial charge in [0.05, 0.1) is 6.54 Å². The van der Waals surface area contributed by atoms with Crippen LogP contribution in [0.4, 0.5) is 10.5 Å². The summed E-state index contributed by atoms with van der Waals surface area (Å²) in [4.78, 5) is 38.7. The molecule has 5 rings (SSSR count). The summed E-state index contributed by atoms with van der Waals surface area (Å²) in [5, 5.41) is 8.99. The van der Waals surface area contributed by atoms with E-state index in [0.29, 0.717) is 0 Å². The maximum absolute atomic E-state index is 12.5. The van der Waals surface area contributed by atoms with Crippen molar-refractivity contribution in [2.24, 2.45) is 17.8 Å². The zero-order valence-corrected chi connectivity index (χ0v) is 19.3. The molecule has 4 saturated carbocycles. The van der Waals surface area contributed by atoms with E-state index in [1.54, 1.807) is 7.05 Å². The van der Waals surface area contributed by atoms with E-state index in [1.165, 1.54) is 24.2 Å². The fourth-order valence-corrected chi connectivity index (χ4v) is 6.47. The SMILES string of the molecule is CCc1ccccc1NC(=O)CN(C)C(=O)CCNC(=O)NC12CC3CC(CC(C3)C1)C2. The quantitative estimate of drug-likeness (QED) is 0.579. The van der Waals surface area contributed by atoms with Crippen LogP contribution in [0.3, 0.4) is 0 Å². The number of anilines is 1. The van der Waals surface area contributed by atoms with Crippen molar-refractivity contribution in [3.05, 3.63) is 29.8 Å². The highest BCUT2D eigenvalue weighted by Crippen LogP contribution is 2.55. The molecule has 0 unspecified atom stereocenters. The van der Waals surface area contributed by atoms with E-state index in [-0.39, 0.29) is 42.9 Å². The van der Waals surface area contributed by atoms with E-state index in [9.17, 15) is 14.4 Å². The number of carbonyl (C=O) groups is 3. The number of nitrogens with one attached hydrogen (secondary N) is 3. The summed E-state index contributed by atoms with van der Waals surface area (Å²) >= 11 is 0. The lowest BCUT2D eigenvalue weighted by molar-refractivity contribution is -0.133. The van der Waals surface area contributed by atoms with Crippen molar-refractivity contribution in [2.45, 2.75) is 63.8 Å². The Hall–Kier alpha value is -2.57. The van der Waals surface area contributed by atoms with E-state index >= 15 is 0 Å². The molecule has 174 valence electrons. The van der Waals surface area contributed by atoms with Gasteiger partial charge in [-0.1, -0.05) is 25.1 Å². The zero-order chi connectivity index (χ0) is 22.7. The third kappa shape index (κ3) is 5.25. The number of rotatable bonds is 8. The number of aryl methyl sites for hydroxylation is 1. The smallest absolute Gasteiger partial charge is 0.315 e. The maximum atomic E-state index is 12.5. The molecule has 0 aliphatic heterocycles. The van der Waals surface area contributed by atoms with Gasteiger partial charge in [0.25, 0.3) is 0 Å². The lowest BCUT2D eigenvalue weighted by Crippen LogP contribution is -2.61. The van der Waals surface area contributed by atoms with Crippen molar-refractivity contribution in [1.82, 2.24) is 15.5 Å². The predicted molar refractivity (Wildman–Crippen MR) is 124 cm³/mol. The summed E-state index contributed by atoms with van der Waals surface area (Å²) in [5.74, 6) is 1.92. The van der Waals surface area contributed by atoms with Gasteiger partial charge in [0.2, 0.25) is 11.8 Å². The average Bonchev–Trinajstić information content (AvgIpc) is 2.72. The molecule has 0 atom stereocenters. The summed E-state index contributed by atoms with van der Waals surface area (Å²) in [6.07, 6.45) is 8.30. The lowest BCUT2D eigenvalue weighted by Gasteiger charge is -2.56. The van der Waals surface area contributed by atoms with Gasteiger partial charge in [0, 0.05) is 31.2 Å². The fourth-order valence-electron chi connectivity index (χ4n) is 6.47. The number of likely N-dealkylation sites (N-methyl/N-ethyl adjacent to an activating group) is 1. The van der Waals surface area contributed by atoms with Gasteiger partial charge in [-0.2, -0.15) is 0 Å². The number of nitrogens with zero attached hydrogens (tertiary/aromatic N) is 1. The number of urea groups is 1. The monoisotopic (exact) mass is 440 g/mol. The van der Waals surface area contributed by atoms with Crippen LogP contribution in [0.2, 0.25) is 0 Å². The first-order valence-electron chi connectivity index (χ1n) is 12.0. The Morgan fingerprint density at radius 1 is 1.03 bits per heavy atom. The van der Waals surface area contributed by atoms with Gasteiger partial charge in [-0.25, -0.2) is 4.79 Å². The van der Waals surface area contributed by atoms with Crippen LogP contribution in [-0.2, 0) is 16.0 Å². The molecule has 4 aliphatic rings. The minimum Gasteiger partial charge on any atom is -0.338 e. The molecule has 0 aromatic heterocycles. The van der Waals surface area contributed by atoms with E-state index in [4.69, 9.17) is 0 Å².